The van der Waals surface area contributed by atoms with Gasteiger partial charge in [0.15, 0.2) is 0 Å². The van der Waals surface area contributed by atoms with E-state index in [1.807, 2.05) is 89.6 Å². The van der Waals surface area contributed by atoms with Crippen LogP contribution in [-0.2, 0) is 0 Å². The minimum atomic E-state index is -0.125. The lowest BCUT2D eigenvalue weighted by molar-refractivity contribution is 0.871. The van der Waals surface area contributed by atoms with Gasteiger partial charge in [0.25, 0.3) is 5.56 Å². The molecular formula is C21H15ClN2O. The standard InChI is InChI=1S/C21H15ClN2O/c22-17-13-11-16(12-14-17)20-19(15-7-3-1-4-8-15)21(25)23-24(20)18-9-5-2-6-10-18/h1-14H,(H,23,25). The molecule has 1 heterocycles. The molecule has 4 aromatic rings. The second kappa shape index (κ2) is 6.46. The van der Waals surface area contributed by atoms with Crippen LogP contribution in [0.2, 0.25) is 5.02 Å². The second-order valence-corrected chi connectivity index (χ2v) is 6.14. The zero-order valence-electron chi connectivity index (χ0n) is 13.3. The Kier molecular flexibility index (Phi) is 4.00. The van der Waals surface area contributed by atoms with Crippen molar-refractivity contribution in [3.63, 3.8) is 0 Å². The zero-order valence-corrected chi connectivity index (χ0v) is 14.1. The molecule has 3 aromatic carbocycles. The summed E-state index contributed by atoms with van der Waals surface area (Å²) < 4.78 is 1.83. The Balaban J connectivity index is 2.04. The first kappa shape index (κ1) is 15.5. The number of hydrogen-bond acceptors (Lipinski definition) is 1. The topological polar surface area (TPSA) is 37.8 Å². The summed E-state index contributed by atoms with van der Waals surface area (Å²) in [6.45, 7) is 0. The summed E-state index contributed by atoms with van der Waals surface area (Å²) in [5.41, 5.74) is 4.03. The number of aromatic nitrogens is 2. The van der Waals surface area contributed by atoms with Crippen LogP contribution in [0.3, 0.4) is 0 Å². The van der Waals surface area contributed by atoms with E-state index in [2.05, 4.69) is 5.10 Å². The monoisotopic (exact) mass is 346 g/mol. The van der Waals surface area contributed by atoms with Crippen molar-refractivity contribution < 1.29 is 0 Å². The van der Waals surface area contributed by atoms with Crippen LogP contribution in [-0.4, -0.2) is 9.78 Å². The molecule has 0 aliphatic rings. The van der Waals surface area contributed by atoms with Crippen LogP contribution in [0.15, 0.2) is 89.7 Å². The van der Waals surface area contributed by atoms with Gasteiger partial charge >= 0.3 is 0 Å². The Hall–Kier alpha value is -3.04. The first-order valence-electron chi connectivity index (χ1n) is 7.96. The summed E-state index contributed by atoms with van der Waals surface area (Å²) in [4.78, 5) is 12.8. The molecule has 0 unspecified atom stereocenters. The molecule has 0 aliphatic carbocycles. The van der Waals surface area contributed by atoms with Gasteiger partial charge in [0.2, 0.25) is 0 Å². The van der Waals surface area contributed by atoms with Crippen molar-refractivity contribution in [1.29, 1.82) is 0 Å². The molecular weight excluding hydrogens is 332 g/mol. The third kappa shape index (κ3) is 2.90. The van der Waals surface area contributed by atoms with Gasteiger partial charge in [-0.3, -0.25) is 14.6 Å². The minimum Gasteiger partial charge on any atom is -0.267 e. The molecule has 25 heavy (non-hydrogen) atoms. The molecule has 0 fully saturated rings. The van der Waals surface area contributed by atoms with Crippen molar-refractivity contribution in [1.82, 2.24) is 9.78 Å². The van der Waals surface area contributed by atoms with Crippen molar-refractivity contribution in [3.05, 3.63) is 100 Å². The summed E-state index contributed by atoms with van der Waals surface area (Å²) in [6, 6.07) is 27.0. The van der Waals surface area contributed by atoms with Gasteiger partial charge in [0, 0.05) is 10.6 Å². The number of nitrogens with zero attached hydrogens (tertiary/aromatic N) is 1. The summed E-state index contributed by atoms with van der Waals surface area (Å²) in [5.74, 6) is 0. The molecule has 0 radical (unpaired) electrons. The van der Waals surface area contributed by atoms with Crippen molar-refractivity contribution >= 4 is 11.6 Å². The van der Waals surface area contributed by atoms with Gasteiger partial charge in [0.1, 0.15) is 0 Å². The molecule has 4 rings (SSSR count). The number of para-hydroxylation sites is 1. The summed E-state index contributed by atoms with van der Waals surface area (Å²) in [5, 5.41) is 3.63. The summed E-state index contributed by atoms with van der Waals surface area (Å²) >= 11 is 6.04. The lowest BCUT2D eigenvalue weighted by Crippen LogP contribution is -2.05. The van der Waals surface area contributed by atoms with Gasteiger partial charge < -0.3 is 0 Å². The molecule has 0 amide bonds. The number of H-pyrrole nitrogens is 1. The Morgan fingerprint density at radius 3 is 1.96 bits per heavy atom. The number of aromatic amines is 1. The molecule has 3 nitrogen and oxygen atoms in total. The van der Waals surface area contributed by atoms with Crippen LogP contribution in [0.5, 0.6) is 0 Å². The fraction of sp³-hybridized carbons (Fsp3) is 0. The van der Waals surface area contributed by atoms with E-state index in [1.54, 1.807) is 0 Å². The normalized spacial score (nSPS) is 10.8. The Morgan fingerprint density at radius 2 is 1.32 bits per heavy atom. The molecule has 0 spiro atoms. The predicted molar refractivity (Wildman–Crippen MR) is 102 cm³/mol. The number of benzene rings is 3. The molecule has 0 saturated carbocycles. The molecule has 1 aromatic heterocycles. The first-order valence-corrected chi connectivity index (χ1v) is 8.33. The molecule has 4 heteroatoms. The SMILES string of the molecule is O=c1[nH]n(-c2ccccc2)c(-c2ccc(Cl)cc2)c1-c1ccccc1. The van der Waals surface area contributed by atoms with Crippen LogP contribution in [0.1, 0.15) is 0 Å². The van der Waals surface area contributed by atoms with E-state index in [0.29, 0.717) is 10.6 Å². The molecule has 0 atom stereocenters. The number of hydrogen-bond donors (Lipinski definition) is 1. The van der Waals surface area contributed by atoms with Crippen LogP contribution in [0.25, 0.3) is 28.1 Å². The van der Waals surface area contributed by atoms with Gasteiger partial charge in [-0.05, 0) is 29.8 Å². The highest BCUT2D eigenvalue weighted by atomic mass is 35.5. The van der Waals surface area contributed by atoms with Gasteiger partial charge in [-0.15, -0.1) is 0 Å². The molecule has 122 valence electrons. The predicted octanol–water partition coefficient (Wildman–Crippen LogP) is 5.15. The van der Waals surface area contributed by atoms with E-state index in [1.165, 1.54) is 0 Å². The highest BCUT2D eigenvalue weighted by Crippen LogP contribution is 2.31. The van der Waals surface area contributed by atoms with E-state index in [0.717, 1.165) is 22.5 Å². The maximum absolute atomic E-state index is 12.8. The Labute approximate surface area is 150 Å². The lowest BCUT2D eigenvalue weighted by Gasteiger charge is -2.11. The molecule has 1 N–H and O–H groups in total. The van der Waals surface area contributed by atoms with Crippen molar-refractivity contribution in [3.8, 4) is 28.1 Å². The Morgan fingerprint density at radius 1 is 0.720 bits per heavy atom. The average molecular weight is 347 g/mol. The van der Waals surface area contributed by atoms with E-state index >= 15 is 0 Å². The zero-order chi connectivity index (χ0) is 17.2. The summed E-state index contributed by atoms with van der Waals surface area (Å²) in [7, 11) is 0. The highest BCUT2D eigenvalue weighted by molar-refractivity contribution is 6.30. The largest absolute Gasteiger partial charge is 0.272 e. The third-order valence-corrected chi connectivity index (χ3v) is 4.35. The number of rotatable bonds is 3. The van der Waals surface area contributed by atoms with Crippen molar-refractivity contribution in [2.24, 2.45) is 0 Å². The van der Waals surface area contributed by atoms with Gasteiger partial charge in [-0.2, -0.15) is 0 Å². The second-order valence-electron chi connectivity index (χ2n) is 5.71. The minimum absolute atomic E-state index is 0.125. The van der Waals surface area contributed by atoms with Gasteiger partial charge in [-0.1, -0.05) is 72.3 Å². The smallest absolute Gasteiger partial charge is 0.267 e. The number of halogens is 1. The lowest BCUT2D eigenvalue weighted by atomic mass is 10.0. The van der Waals surface area contributed by atoms with Crippen molar-refractivity contribution in [2.45, 2.75) is 0 Å². The van der Waals surface area contributed by atoms with E-state index in [9.17, 15) is 4.79 Å². The van der Waals surface area contributed by atoms with Gasteiger partial charge in [-0.25, -0.2) is 0 Å². The van der Waals surface area contributed by atoms with Crippen molar-refractivity contribution in [2.75, 3.05) is 0 Å². The Bertz CT molecular complexity index is 1050. The summed E-state index contributed by atoms with van der Waals surface area (Å²) in [6.07, 6.45) is 0. The third-order valence-electron chi connectivity index (χ3n) is 4.10. The molecule has 0 bridgehead atoms. The average Bonchev–Trinajstić information content (AvgIpc) is 3.01. The fourth-order valence-corrected chi connectivity index (χ4v) is 3.08. The van der Waals surface area contributed by atoms with Crippen LogP contribution < -0.4 is 5.56 Å². The first-order chi connectivity index (χ1) is 12.2. The molecule has 0 saturated heterocycles. The molecule has 0 aliphatic heterocycles. The van der Waals surface area contributed by atoms with Crippen LogP contribution in [0.4, 0.5) is 0 Å². The fourth-order valence-electron chi connectivity index (χ4n) is 2.96. The maximum atomic E-state index is 12.8. The van der Waals surface area contributed by atoms with Crippen LogP contribution >= 0.6 is 11.6 Å². The quantitative estimate of drug-likeness (QED) is 0.547. The maximum Gasteiger partial charge on any atom is 0.272 e. The van der Waals surface area contributed by atoms with Crippen LogP contribution in [0, 0.1) is 0 Å². The van der Waals surface area contributed by atoms with E-state index in [4.69, 9.17) is 11.6 Å². The van der Waals surface area contributed by atoms with E-state index in [-0.39, 0.29) is 5.56 Å². The highest BCUT2D eigenvalue weighted by Gasteiger charge is 2.19. The van der Waals surface area contributed by atoms with Gasteiger partial charge in [0.05, 0.1) is 16.9 Å². The number of nitrogens with one attached hydrogen (secondary N) is 1. The van der Waals surface area contributed by atoms with E-state index < -0.39 is 0 Å².